The molecule has 0 aromatic carbocycles. The fourth-order valence-corrected chi connectivity index (χ4v) is 3.23. The van der Waals surface area contributed by atoms with Crippen molar-refractivity contribution < 1.29 is 9.53 Å². The first kappa shape index (κ1) is 20.2. The van der Waals surface area contributed by atoms with Gasteiger partial charge in [-0.25, -0.2) is 4.79 Å². The molecule has 0 bridgehead atoms. The van der Waals surface area contributed by atoms with E-state index in [1.165, 1.54) is 0 Å². The van der Waals surface area contributed by atoms with Crippen molar-refractivity contribution in [3.8, 4) is 0 Å². The Bertz CT molecular complexity index is 354. The van der Waals surface area contributed by atoms with E-state index in [9.17, 15) is 4.79 Å². The molecule has 0 aromatic rings. The summed E-state index contributed by atoms with van der Waals surface area (Å²) in [6, 6.07) is 0. The third kappa shape index (κ3) is 7.12. The summed E-state index contributed by atoms with van der Waals surface area (Å²) in [5.74, 6) is -0.279. The molecule has 21 heavy (non-hydrogen) atoms. The summed E-state index contributed by atoms with van der Waals surface area (Å²) in [6.45, 7) is 16.8. The Labute approximate surface area is 131 Å². The van der Waals surface area contributed by atoms with Gasteiger partial charge in [0.05, 0.1) is 0 Å². The van der Waals surface area contributed by atoms with Gasteiger partial charge in [0.25, 0.3) is 0 Å². The van der Waals surface area contributed by atoms with Crippen molar-refractivity contribution in [2.24, 2.45) is 16.6 Å². The van der Waals surface area contributed by atoms with Gasteiger partial charge in [-0.2, -0.15) is 0 Å². The number of unbranched alkanes of at least 4 members (excludes halogenated alkanes) is 2. The highest BCUT2D eigenvalue weighted by Gasteiger charge is 2.32. The molecule has 1 atom stereocenters. The molecule has 0 saturated carbocycles. The van der Waals surface area contributed by atoms with Crippen LogP contribution in [0.5, 0.6) is 0 Å². The predicted octanol–water partition coefficient (Wildman–Crippen LogP) is 4.80. The van der Waals surface area contributed by atoms with Gasteiger partial charge in [0.15, 0.2) is 6.23 Å². The summed E-state index contributed by atoms with van der Waals surface area (Å²) in [6.07, 6.45) is 3.49. The van der Waals surface area contributed by atoms with E-state index in [0.29, 0.717) is 5.57 Å². The van der Waals surface area contributed by atoms with Crippen LogP contribution in [0.3, 0.4) is 0 Å². The first-order chi connectivity index (χ1) is 9.41. The topological polar surface area (TPSA) is 52.3 Å². The van der Waals surface area contributed by atoms with Crippen LogP contribution in [0.1, 0.15) is 81.1 Å². The van der Waals surface area contributed by atoms with Crippen LogP contribution in [0.25, 0.3) is 0 Å². The summed E-state index contributed by atoms with van der Waals surface area (Å²) in [4.78, 5) is 12.4. The third-order valence-electron chi connectivity index (χ3n) is 3.53. The average molecular weight is 297 g/mol. The Hall–Kier alpha value is -0.830. The first-order valence-corrected chi connectivity index (χ1v) is 8.09. The lowest BCUT2D eigenvalue weighted by molar-refractivity contribution is -0.144. The minimum Gasteiger partial charge on any atom is -0.443 e. The molecule has 3 heteroatoms. The molecule has 0 amide bonds. The molecular weight excluding hydrogens is 262 g/mol. The molecular formula is C18H35NO2. The summed E-state index contributed by atoms with van der Waals surface area (Å²) in [5.41, 5.74) is 7.58. The van der Waals surface area contributed by atoms with E-state index in [-0.39, 0.29) is 16.8 Å². The molecule has 0 saturated heterocycles. The van der Waals surface area contributed by atoms with Crippen LogP contribution >= 0.6 is 0 Å². The van der Waals surface area contributed by atoms with Crippen molar-refractivity contribution in [2.45, 2.75) is 87.3 Å². The van der Waals surface area contributed by atoms with Gasteiger partial charge in [0, 0.05) is 5.57 Å². The molecule has 0 aliphatic carbocycles. The molecule has 0 aromatic heterocycles. The zero-order valence-electron chi connectivity index (χ0n) is 15.3. The smallest absolute Gasteiger partial charge is 0.335 e. The van der Waals surface area contributed by atoms with Crippen LogP contribution < -0.4 is 5.73 Å². The van der Waals surface area contributed by atoms with E-state index < -0.39 is 6.23 Å². The average Bonchev–Trinajstić information content (AvgIpc) is 2.25. The van der Waals surface area contributed by atoms with Crippen LogP contribution in [0, 0.1) is 10.8 Å². The molecule has 0 aliphatic heterocycles. The Morgan fingerprint density at radius 3 is 1.90 bits per heavy atom. The summed E-state index contributed by atoms with van der Waals surface area (Å²) >= 11 is 0. The second-order valence-corrected chi connectivity index (χ2v) is 7.94. The lowest BCUT2D eigenvalue weighted by Gasteiger charge is -2.35. The number of allylic oxidation sites excluding steroid dienone is 1. The van der Waals surface area contributed by atoms with Crippen LogP contribution in [-0.4, -0.2) is 12.2 Å². The number of ether oxygens (including phenoxy) is 1. The van der Waals surface area contributed by atoms with Crippen LogP contribution in [0.2, 0.25) is 0 Å². The van der Waals surface area contributed by atoms with Crippen LogP contribution in [0.15, 0.2) is 11.1 Å². The van der Waals surface area contributed by atoms with Crippen LogP contribution in [0.4, 0.5) is 0 Å². The Morgan fingerprint density at radius 1 is 1.05 bits per heavy atom. The Kier molecular flexibility index (Phi) is 7.66. The number of esters is 1. The zero-order valence-corrected chi connectivity index (χ0v) is 15.3. The quantitative estimate of drug-likeness (QED) is 0.331. The predicted molar refractivity (Wildman–Crippen MR) is 89.8 cm³/mol. The molecule has 0 radical (unpaired) electrons. The second-order valence-electron chi connectivity index (χ2n) is 7.94. The SMILES string of the molecule is CCCCCC(N)OC(=O)C(C)=C(C(C)(C)C)C(C)(C)C. The number of hydrogen-bond donors (Lipinski definition) is 1. The van der Waals surface area contributed by atoms with E-state index in [1.54, 1.807) is 0 Å². The Morgan fingerprint density at radius 2 is 1.52 bits per heavy atom. The van der Waals surface area contributed by atoms with Crippen molar-refractivity contribution in [3.63, 3.8) is 0 Å². The number of rotatable bonds is 6. The van der Waals surface area contributed by atoms with Crippen molar-refractivity contribution in [1.29, 1.82) is 0 Å². The fraction of sp³-hybridized carbons (Fsp3) is 0.833. The zero-order chi connectivity index (χ0) is 16.8. The van der Waals surface area contributed by atoms with Gasteiger partial charge in [0.2, 0.25) is 0 Å². The molecule has 0 heterocycles. The van der Waals surface area contributed by atoms with Gasteiger partial charge in [-0.1, -0.05) is 61.3 Å². The summed E-state index contributed by atoms with van der Waals surface area (Å²) in [7, 11) is 0. The highest BCUT2D eigenvalue weighted by Crippen LogP contribution is 2.41. The van der Waals surface area contributed by atoms with Crippen molar-refractivity contribution in [1.82, 2.24) is 0 Å². The minimum absolute atomic E-state index is 0.0757. The van der Waals surface area contributed by atoms with E-state index in [0.717, 1.165) is 31.3 Å². The third-order valence-corrected chi connectivity index (χ3v) is 3.53. The molecule has 0 aliphatic rings. The highest BCUT2D eigenvalue weighted by atomic mass is 16.6. The van der Waals surface area contributed by atoms with E-state index >= 15 is 0 Å². The van der Waals surface area contributed by atoms with Crippen molar-refractivity contribution in [2.75, 3.05) is 0 Å². The molecule has 0 rings (SSSR count). The molecule has 3 nitrogen and oxygen atoms in total. The van der Waals surface area contributed by atoms with Crippen LogP contribution in [-0.2, 0) is 9.53 Å². The first-order valence-electron chi connectivity index (χ1n) is 8.09. The maximum atomic E-state index is 12.4. The number of carbonyl (C=O) groups is 1. The molecule has 0 spiro atoms. The van der Waals surface area contributed by atoms with Crippen molar-refractivity contribution in [3.05, 3.63) is 11.1 Å². The highest BCUT2D eigenvalue weighted by molar-refractivity contribution is 5.89. The van der Waals surface area contributed by atoms with E-state index in [4.69, 9.17) is 10.5 Å². The fourth-order valence-electron chi connectivity index (χ4n) is 3.23. The normalized spacial score (nSPS) is 13.8. The Balaban J connectivity index is 5.04. The maximum Gasteiger partial charge on any atom is 0.335 e. The van der Waals surface area contributed by atoms with E-state index in [2.05, 4.69) is 48.5 Å². The van der Waals surface area contributed by atoms with Crippen molar-refractivity contribution >= 4 is 5.97 Å². The molecule has 0 fully saturated rings. The van der Waals surface area contributed by atoms with Gasteiger partial charge < -0.3 is 4.74 Å². The monoisotopic (exact) mass is 297 g/mol. The summed E-state index contributed by atoms with van der Waals surface area (Å²) < 4.78 is 5.41. The largest absolute Gasteiger partial charge is 0.443 e. The maximum absolute atomic E-state index is 12.4. The number of nitrogens with two attached hydrogens (primary N) is 1. The van der Waals surface area contributed by atoms with Gasteiger partial charge in [0.1, 0.15) is 0 Å². The number of hydrogen-bond acceptors (Lipinski definition) is 3. The lowest BCUT2D eigenvalue weighted by atomic mass is 9.70. The van der Waals surface area contributed by atoms with E-state index in [1.807, 2.05) is 6.92 Å². The van der Waals surface area contributed by atoms with Gasteiger partial charge in [-0.05, 0) is 36.2 Å². The molecule has 2 N–H and O–H groups in total. The van der Waals surface area contributed by atoms with Gasteiger partial charge in [-0.3, -0.25) is 5.73 Å². The standard InChI is InChI=1S/C18H35NO2/c1-9-10-11-12-14(19)21-16(20)13(2)15(17(3,4)5)18(6,7)8/h14H,9-12,19H2,1-8H3. The number of carbonyl (C=O) groups excluding carboxylic acids is 1. The molecule has 1 unspecified atom stereocenters. The lowest BCUT2D eigenvalue weighted by Crippen LogP contribution is -2.31. The van der Waals surface area contributed by atoms with Gasteiger partial charge >= 0.3 is 5.97 Å². The molecule has 124 valence electrons. The second kappa shape index (κ2) is 7.98. The minimum atomic E-state index is -0.500. The van der Waals surface area contributed by atoms with Gasteiger partial charge in [-0.15, -0.1) is 0 Å². The summed E-state index contributed by atoms with van der Waals surface area (Å²) in [5, 5.41) is 0.